The van der Waals surface area contributed by atoms with Crippen LogP contribution >= 0.6 is 22.7 Å². The first-order valence-electron chi connectivity index (χ1n) is 9.50. The number of nitrogens with zero attached hydrogens (tertiary/aromatic N) is 3. The molecule has 1 amide bonds. The van der Waals surface area contributed by atoms with Gasteiger partial charge in [-0.05, 0) is 48.7 Å². The summed E-state index contributed by atoms with van der Waals surface area (Å²) >= 11 is 3.46. The van der Waals surface area contributed by atoms with Crippen molar-refractivity contribution in [3.05, 3.63) is 77.6 Å². The van der Waals surface area contributed by atoms with Crippen LogP contribution in [0.4, 0.5) is 0 Å². The van der Waals surface area contributed by atoms with E-state index in [1.54, 1.807) is 27.2 Å². The van der Waals surface area contributed by atoms with Gasteiger partial charge in [-0.2, -0.15) is 0 Å². The second kappa shape index (κ2) is 6.96. The Kier molecular flexibility index (Phi) is 4.40. The largest absolute Gasteiger partial charge is 0.330 e. The minimum Gasteiger partial charge on any atom is -0.330 e. The van der Waals surface area contributed by atoms with E-state index >= 15 is 0 Å². The lowest BCUT2D eigenvalue weighted by Gasteiger charge is -2.35. The number of aryl methyl sites for hydroxylation is 2. The zero-order valence-electron chi connectivity index (χ0n) is 16.1. The number of carbonyl (C=O) groups is 1. The third-order valence-electron chi connectivity index (χ3n) is 5.63. The summed E-state index contributed by atoms with van der Waals surface area (Å²) in [7, 11) is 0. The van der Waals surface area contributed by atoms with Crippen molar-refractivity contribution in [2.45, 2.75) is 32.7 Å². The third kappa shape index (κ3) is 3.03. The Balaban J connectivity index is 1.52. The van der Waals surface area contributed by atoms with Gasteiger partial charge in [0.05, 0.1) is 12.5 Å². The first-order chi connectivity index (χ1) is 14.0. The Morgan fingerprint density at radius 3 is 2.93 bits per heavy atom. The summed E-state index contributed by atoms with van der Waals surface area (Å²) in [6.07, 6.45) is 1.16. The van der Waals surface area contributed by atoms with E-state index in [4.69, 9.17) is 0 Å². The fraction of sp³-hybridized carbons (Fsp3) is 0.286. The number of H-pyrrole nitrogens is 1. The van der Waals surface area contributed by atoms with Crippen LogP contribution in [0.3, 0.4) is 0 Å². The number of thiophene rings is 2. The van der Waals surface area contributed by atoms with E-state index in [-0.39, 0.29) is 23.9 Å². The van der Waals surface area contributed by atoms with E-state index in [1.807, 2.05) is 24.8 Å². The molecule has 5 rings (SSSR count). The van der Waals surface area contributed by atoms with E-state index in [0.717, 1.165) is 23.4 Å². The van der Waals surface area contributed by atoms with Crippen molar-refractivity contribution in [1.29, 1.82) is 0 Å². The maximum absolute atomic E-state index is 13.5. The first-order valence-corrected chi connectivity index (χ1v) is 11.3. The van der Waals surface area contributed by atoms with Crippen LogP contribution in [-0.4, -0.2) is 31.9 Å². The highest BCUT2D eigenvalue weighted by atomic mass is 32.1. The van der Waals surface area contributed by atoms with Crippen LogP contribution in [0.5, 0.6) is 0 Å². The molecule has 6 nitrogen and oxygen atoms in total. The number of hydrogen-bond acceptors (Lipinski definition) is 5. The minimum absolute atomic E-state index is 0.0267. The first kappa shape index (κ1) is 18.3. The van der Waals surface area contributed by atoms with E-state index in [0.29, 0.717) is 12.2 Å². The van der Waals surface area contributed by atoms with Gasteiger partial charge in [0.2, 0.25) is 5.91 Å². The Morgan fingerprint density at radius 2 is 2.14 bits per heavy atom. The molecule has 1 atom stereocenters. The lowest BCUT2D eigenvalue weighted by molar-refractivity contribution is -0.132. The highest BCUT2D eigenvalue weighted by Gasteiger charge is 2.33. The van der Waals surface area contributed by atoms with E-state index in [9.17, 15) is 9.59 Å². The normalized spacial score (nSPS) is 16.3. The van der Waals surface area contributed by atoms with Crippen LogP contribution in [0.15, 0.2) is 39.8 Å². The summed E-state index contributed by atoms with van der Waals surface area (Å²) < 4.78 is 1.67. The molecule has 0 aliphatic carbocycles. The Labute approximate surface area is 175 Å². The molecular weight excluding hydrogens is 404 g/mol. The summed E-state index contributed by atoms with van der Waals surface area (Å²) in [6.45, 7) is 4.53. The molecule has 1 N–H and O–H groups in total. The lowest BCUT2D eigenvalue weighted by Crippen LogP contribution is -2.40. The summed E-state index contributed by atoms with van der Waals surface area (Å²) in [5.74, 6) is 0.0853. The van der Waals surface area contributed by atoms with Crippen molar-refractivity contribution < 1.29 is 4.79 Å². The number of nitrogens with one attached hydrogen (secondary N) is 1. The zero-order valence-corrected chi connectivity index (χ0v) is 17.8. The number of carbonyl (C=O) groups excluding carboxylic acids is 1. The van der Waals surface area contributed by atoms with Gasteiger partial charge >= 0.3 is 0 Å². The molecule has 5 heterocycles. The maximum Gasteiger partial charge on any atom is 0.266 e. The number of aromatic amines is 1. The molecule has 4 aromatic rings. The van der Waals surface area contributed by atoms with Gasteiger partial charge in [-0.3, -0.25) is 14.7 Å². The summed E-state index contributed by atoms with van der Waals surface area (Å²) in [4.78, 5) is 34.3. The second-order valence-corrected chi connectivity index (χ2v) is 9.29. The molecule has 1 aliphatic heterocycles. The van der Waals surface area contributed by atoms with Crippen molar-refractivity contribution >= 4 is 34.2 Å². The zero-order chi connectivity index (χ0) is 20.1. The predicted octanol–water partition coefficient (Wildman–Crippen LogP) is 3.48. The molecular formula is C21H20N4O2S2. The number of aromatic nitrogens is 3. The molecule has 148 valence electrons. The molecule has 0 radical (unpaired) electrons. The molecule has 0 saturated heterocycles. The molecule has 0 bridgehead atoms. The van der Waals surface area contributed by atoms with E-state index in [1.165, 1.54) is 21.4 Å². The highest BCUT2D eigenvalue weighted by Crippen LogP contribution is 2.39. The van der Waals surface area contributed by atoms with Gasteiger partial charge in [0, 0.05) is 39.3 Å². The number of rotatable bonds is 3. The topological polar surface area (TPSA) is 70.5 Å². The monoisotopic (exact) mass is 424 g/mol. The minimum atomic E-state index is -0.192. The summed E-state index contributed by atoms with van der Waals surface area (Å²) in [5, 5.41) is 6.95. The molecule has 0 spiro atoms. The second-order valence-electron chi connectivity index (χ2n) is 7.31. The van der Waals surface area contributed by atoms with E-state index < -0.39 is 0 Å². The Bertz CT molecular complexity index is 1270. The SMILES string of the molecule is Cc1nc2cc(=O)[nH]n2c(C)c1CC(=O)N1CCc2sccc2C1c1cccs1. The molecule has 29 heavy (non-hydrogen) atoms. The maximum atomic E-state index is 13.5. The van der Waals surface area contributed by atoms with Gasteiger partial charge in [-0.15, -0.1) is 22.7 Å². The van der Waals surface area contributed by atoms with Crippen LogP contribution < -0.4 is 5.56 Å². The van der Waals surface area contributed by atoms with Crippen LogP contribution in [0.25, 0.3) is 5.65 Å². The van der Waals surface area contributed by atoms with Crippen LogP contribution in [-0.2, 0) is 17.6 Å². The average molecular weight is 425 g/mol. The number of fused-ring (bicyclic) bond motifs is 2. The standard InChI is InChI=1S/C21H20N4O2S2/c1-12-15(13(2)25-18(22-12)11-19(26)23-25)10-20(27)24-7-5-16-14(6-9-29-16)21(24)17-4-3-8-28-17/h3-4,6,8-9,11,21H,5,7,10H2,1-2H3,(H,23,26). The Morgan fingerprint density at radius 1 is 1.28 bits per heavy atom. The number of hydrogen-bond donors (Lipinski definition) is 1. The van der Waals surface area contributed by atoms with Crippen molar-refractivity contribution in [3.8, 4) is 0 Å². The van der Waals surface area contributed by atoms with E-state index in [2.05, 4.69) is 33.0 Å². The van der Waals surface area contributed by atoms with Gasteiger partial charge in [-0.1, -0.05) is 6.07 Å². The fourth-order valence-electron chi connectivity index (χ4n) is 4.20. The molecule has 1 unspecified atom stereocenters. The molecule has 0 aromatic carbocycles. The van der Waals surface area contributed by atoms with Crippen molar-refractivity contribution in [2.24, 2.45) is 0 Å². The highest BCUT2D eigenvalue weighted by molar-refractivity contribution is 7.10. The van der Waals surface area contributed by atoms with Crippen molar-refractivity contribution in [2.75, 3.05) is 6.54 Å². The summed E-state index contributed by atoms with van der Waals surface area (Å²) in [6, 6.07) is 7.75. The van der Waals surface area contributed by atoms with Crippen molar-refractivity contribution in [1.82, 2.24) is 19.5 Å². The lowest BCUT2D eigenvalue weighted by atomic mass is 9.97. The van der Waals surface area contributed by atoms with Gasteiger partial charge < -0.3 is 4.90 Å². The molecule has 0 saturated carbocycles. The smallest absolute Gasteiger partial charge is 0.266 e. The van der Waals surface area contributed by atoms with Crippen LogP contribution in [0.1, 0.15) is 38.3 Å². The van der Waals surface area contributed by atoms with Gasteiger partial charge in [0.1, 0.15) is 0 Å². The summed E-state index contributed by atoms with van der Waals surface area (Å²) in [5.41, 5.74) is 4.14. The van der Waals surface area contributed by atoms with Crippen molar-refractivity contribution in [3.63, 3.8) is 0 Å². The molecule has 0 fully saturated rings. The fourth-order valence-corrected chi connectivity index (χ4v) is 5.96. The third-order valence-corrected chi connectivity index (χ3v) is 7.55. The van der Waals surface area contributed by atoms with Gasteiger partial charge in [0.15, 0.2) is 5.65 Å². The van der Waals surface area contributed by atoms with Crippen LogP contribution in [0.2, 0.25) is 0 Å². The molecule has 1 aliphatic rings. The molecule has 8 heteroatoms. The average Bonchev–Trinajstić information content (AvgIpc) is 3.44. The predicted molar refractivity (Wildman–Crippen MR) is 115 cm³/mol. The quantitative estimate of drug-likeness (QED) is 0.547. The Hall–Kier alpha value is -2.71. The number of amides is 1. The van der Waals surface area contributed by atoms with Gasteiger partial charge in [0.25, 0.3) is 5.56 Å². The van der Waals surface area contributed by atoms with Gasteiger partial charge in [-0.25, -0.2) is 9.50 Å². The van der Waals surface area contributed by atoms with Crippen LogP contribution in [0, 0.1) is 13.8 Å². The molecule has 4 aromatic heterocycles.